The van der Waals surface area contributed by atoms with Crippen molar-refractivity contribution in [2.24, 2.45) is 4.99 Å². The Labute approximate surface area is 125 Å². The number of carbonyl (C=O) groups excluding carboxylic acids is 1. The highest BCUT2D eigenvalue weighted by Gasteiger charge is 2.26. The number of thioether (sulfide) groups is 1. The molecule has 0 aliphatic carbocycles. The molecule has 5 nitrogen and oxygen atoms in total. The SMILES string of the molecule is CC(C)(C)OC(=O)N1CCN=C(NC2CCCSC2)C1. The zero-order chi connectivity index (χ0) is 14.6. The first-order valence-electron chi connectivity index (χ1n) is 7.29. The standard InChI is InChI=1S/C14H25N3O2S/c1-14(2,3)19-13(18)17-7-6-15-12(9-17)16-11-5-4-8-20-10-11/h11H,4-10H2,1-3H3,(H,15,16). The van der Waals surface area contributed by atoms with Crippen molar-refractivity contribution < 1.29 is 9.53 Å². The van der Waals surface area contributed by atoms with Crippen molar-refractivity contribution in [2.75, 3.05) is 31.1 Å². The highest BCUT2D eigenvalue weighted by molar-refractivity contribution is 7.99. The van der Waals surface area contributed by atoms with E-state index < -0.39 is 5.60 Å². The number of ether oxygens (including phenoxy) is 1. The molecule has 20 heavy (non-hydrogen) atoms. The van der Waals surface area contributed by atoms with Crippen molar-refractivity contribution in [1.82, 2.24) is 10.2 Å². The lowest BCUT2D eigenvalue weighted by atomic mass is 10.2. The lowest BCUT2D eigenvalue weighted by Crippen LogP contribution is -2.50. The van der Waals surface area contributed by atoms with E-state index >= 15 is 0 Å². The summed E-state index contributed by atoms with van der Waals surface area (Å²) in [5.74, 6) is 3.31. The van der Waals surface area contributed by atoms with Crippen LogP contribution in [-0.2, 0) is 4.74 Å². The first-order valence-corrected chi connectivity index (χ1v) is 8.45. The smallest absolute Gasteiger partial charge is 0.410 e. The van der Waals surface area contributed by atoms with E-state index in [-0.39, 0.29) is 6.09 Å². The maximum absolute atomic E-state index is 12.1. The van der Waals surface area contributed by atoms with E-state index in [1.165, 1.54) is 18.6 Å². The minimum absolute atomic E-state index is 0.246. The van der Waals surface area contributed by atoms with Gasteiger partial charge >= 0.3 is 6.09 Å². The third kappa shape index (κ3) is 4.89. The van der Waals surface area contributed by atoms with Gasteiger partial charge in [0.1, 0.15) is 11.4 Å². The second kappa shape index (κ2) is 6.70. The molecular weight excluding hydrogens is 274 g/mol. The van der Waals surface area contributed by atoms with Crippen LogP contribution in [0.15, 0.2) is 4.99 Å². The molecular formula is C14H25N3O2S. The molecule has 0 bridgehead atoms. The lowest BCUT2D eigenvalue weighted by molar-refractivity contribution is 0.0276. The van der Waals surface area contributed by atoms with Crippen molar-refractivity contribution in [3.8, 4) is 0 Å². The van der Waals surface area contributed by atoms with Gasteiger partial charge in [0.2, 0.25) is 0 Å². The first kappa shape index (κ1) is 15.5. The van der Waals surface area contributed by atoms with Crippen LogP contribution in [0.5, 0.6) is 0 Å². The van der Waals surface area contributed by atoms with Crippen LogP contribution in [0.4, 0.5) is 4.79 Å². The molecule has 2 heterocycles. The summed E-state index contributed by atoms with van der Waals surface area (Å²) in [6.45, 7) is 7.50. The molecule has 1 atom stereocenters. The Kier molecular flexibility index (Phi) is 5.18. The fourth-order valence-electron chi connectivity index (χ4n) is 2.28. The van der Waals surface area contributed by atoms with Crippen molar-refractivity contribution in [1.29, 1.82) is 0 Å². The maximum Gasteiger partial charge on any atom is 0.410 e. The molecule has 0 radical (unpaired) electrons. The van der Waals surface area contributed by atoms with E-state index in [0.717, 1.165) is 11.6 Å². The van der Waals surface area contributed by atoms with Gasteiger partial charge < -0.3 is 10.1 Å². The van der Waals surface area contributed by atoms with Crippen LogP contribution < -0.4 is 5.32 Å². The number of amidine groups is 1. The second-order valence-electron chi connectivity index (χ2n) is 6.29. The highest BCUT2D eigenvalue weighted by atomic mass is 32.2. The molecule has 0 aromatic heterocycles. The van der Waals surface area contributed by atoms with Gasteiger partial charge in [0.15, 0.2) is 0 Å². The van der Waals surface area contributed by atoms with E-state index in [2.05, 4.69) is 10.3 Å². The minimum Gasteiger partial charge on any atom is -0.444 e. The van der Waals surface area contributed by atoms with E-state index in [0.29, 0.717) is 25.7 Å². The van der Waals surface area contributed by atoms with Crippen molar-refractivity contribution >= 4 is 23.7 Å². The molecule has 2 aliphatic rings. The van der Waals surface area contributed by atoms with Gasteiger partial charge in [-0.25, -0.2) is 4.79 Å². The average molecular weight is 299 g/mol. The van der Waals surface area contributed by atoms with Crippen LogP contribution in [0.3, 0.4) is 0 Å². The van der Waals surface area contributed by atoms with Gasteiger partial charge in [-0.1, -0.05) is 0 Å². The van der Waals surface area contributed by atoms with Gasteiger partial charge in [0.05, 0.1) is 13.1 Å². The monoisotopic (exact) mass is 299 g/mol. The van der Waals surface area contributed by atoms with Crippen LogP contribution in [0.2, 0.25) is 0 Å². The number of rotatable bonds is 1. The zero-order valence-corrected chi connectivity index (χ0v) is 13.5. The molecule has 114 valence electrons. The van der Waals surface area contributed by atoms with Crippen molar-refractivity contribution in [3.63, 3.8) is 0 Å². The summed E-state index contributed by atoms with van der Waals surface area (Å²) in [5, 5.41) is 3.49. The molecule has 2 rings (SSSR count). The number of nitrogens with zero attached hydrogens (tertiary/aromatic N) is 2. The molecule has 1 fully saturated rings. The lowest BCUT2D eigenvalue weighted by Gasteiger charge is -2.32. The third-order valence-corrected chi connectivity index (χ3v) is 4.41. The Morgan fingerprint density at radius 2 is 2.30 bits per heavy atom. The zero-order valence-electron chi connectivity index (χ0n) is 12.6. The van der Waals surface area contributed by atoms with Crippen LogP contribution in [0.1, 0.15) is 33.6 Å². The van der Waals surface area contributed by atoms with E-state index in [9.17, 15) is 4.79 Å². The molecule has 1 unspecified atom stereocenters. The summed E-state index contributed by atoms with van der Waals surface area (Å²) < 4.78 is 5.42. The molecule has 0 aromatic rings. The fraction of sp³-hybridized carbons (Fsp3) is 0.857. The number of nitrogens with one attached hydrogen (secondary N) is 1. The highest BCUT2D eigenvalue weighted by Crippen LogP contribution is 2.17. The Hall–Kier alpha value is -0.910. The Bertz CT molecular complexity index is 373. The second-order valence-corrected chi connectivity index (χ2v) is 7.44. The fourth-order valence-corrected chi connectivity index (χ4v) is 3.35. The quantitative estimate of drug-likeness (QED) is 0.806. The predicted octanol–water partition coefficient (Wildman–Crippen LogP) is 2.12. The van der Waals surface area contributed by atoms with Gasteiger partial charge in [0, 0.05) is 18.3 Å². The minimum atomic E-state index is -0.445. The van der Waals surface area contributed by atoms with E-state index in [1.807, 2.05) is 32.5 Å². The average Bonchev–Trinajstić information content (AvgIpc) is 2.38. The Morgan fingerprint density at radius 3 is 2.95 bits per heavy atom. The Morgan fingerprint density at radius 1 is 1.50 bits per heavy atom. The predicted molar refractivity (Wildman–Crippen MR) is 83.6 cm³/mol. The number of amides is 1. The van der Waals surface area contributed by atoms with Crippen molar-refractivity contribution in [3.05, 3.63) is 0 Å². The molecule has 1 amide bonds. The maximum atomic E-state index is 12.1. The summed E-state index contributed by atoms with van der Waals surface area (Å²) in [7, 11) is 0. The van der Waals surface area contributed by atoms with Gasteiger partial charge in [-0.05, 0) is 39.4 Å². The van der Waals surface area contributed by atoms with Crippen LogP contribution in [0.25, 0.3) is 0 Å². The van der Waals surface area contributed by atoms with Crippen molar-refractivity contribution in [2.45, 2.75) is 45.3 Å². The molecule has 1 N–H and O–H groups in total. The largest absolute Gasteiger partial charge is 0.444 e. The molecule has 0 saturated carbocycles. The summed E-state index contributed by atoms with van der Waals surface area (Å²) in [5.41, 5.74) is -0.445. The molecule has 1 saturated heterocycles. The van der Waals surface area contributed by atoms with Gasteiger partial charge in [0.25, 0.3) is 0 Å². The molecule has 0 aromatic carbocycles. The number of carbonyl (C=O) groups is 1. The number of aliphatic imine (C=N–C) groups is 1. The van der Waals surface area contributed by atoms with E-state index in [1.54, 1.807) is 4.90 Å². The summed E-state index contributed by atoms with van der Waals surface area (Å²) in [6.07, 6.45) is 2.20. The summed E-state index contributed by atoms with van der Waals surface area (Å²) in [4.78, 5) is 18.3. The van der Waals surface area contributed by atoms with Gasteiger partial charge in [-0.15, -0.1) is 0 Å². The van der Waals surface area contributed by atoms with Crippen LogP contribution in [0, 0.1) is 0 Å². The van der Waals surface area contributed by atoms with Gasteiger partial charge in [-0.2, -0.15) is 11.8 Å². The molecule has 0 spiro atoms. The van der Waals surface area contributed by atoms with E-state index in [4.69, 9.17) is 4.74 Å². The third-order valence-electron chi connectivity index (χ3n) is 3.20. The molecule has 6 heteroatoms. The van der Waals surface area contributed by atoms with Crippen LogP contribution >= 0.6 is 11.8 Å². The van der Waals surface area contributed by atoms with Crippen LogP contribution in [-0.4, -0.2) is 59.6 Å². The Balaban J connectivity index is 1.84. The normalized spacial score (nSPS) is 24.1. The molecule has 2 aliphatic heterocycles. The number of hydrogen-bond acceptors (Lipinski definition) is 5. The topological polar surface area (TPSA) is 53.9 Å². The summed E-state index contributed by atoms with van der Waals surface area (Å²) in [6, 6.07) is 0.492. The van der Waals surface area contributed by atoms with Gasteiger partial charge in [-0.3, -0.25) is 9.89 Å². The first-order chi connectivity index (χ1) is 9.44. The summed E-state index contributed by atoms with van der Waals surface area (Å²) >= 11 is 1.98. The number of hydrogen-bond donors (Lipinski definition) is 1.